The van der Waals surface area contributed by atoms with Gasteiger partial charge in [-0.05, 0) is 55.8 Å². The number of carbonyl (C=O) groups excluding carboxylic acids is 1. The number of phenols is 1. The van der Waals surface area contributed by atoms with Crippen molar-refractivity contribution in [2.75, 3.05) is 20.7 Å². The van der Waals surface area contributed by atoms with Gasteiger partial charge in [0.15, 0.2) is 11.5 Å². The van der Waals surface area contributed by atoms with Gasteiger partial charge in [-0.1, -0.05) is 30.4 Å². The van der Waals surface area contributed by atoms with Crippen LogP contribution in [0.2, 0.25) is 0 Å². The van der Waals surface area contributed by atoms with E-state index in [0.717, 1.165) is 24.9 Å². The molecule has 2 heterocycles. The molecule has 1 N–H and O–H groups in total. The van der Waals surface area contributed by atoms with E-state index in [0.29, 0.717) is 29.9 Å². The van der Waals surface area contributed by atoms with Gasteiger partial charge < -0.3 is 24.2 Å². The number of likely N-dealkylation sites (tertiary alicyclic amines) is 1. The molecule has 1 fully saturated rings. The van der Waals surface area contributed by atoms with Gasteiger partial charge in [-0.25, -0.2) is 4.79 Å². The summed E-state index contributed by atoms with van der Waals surface area (Å²) in [4.78, 5) is 14.3. The largest absolute Gasteiger partial charge is 0.504 e. The lowest BCUT2D eigenvalue weighted by Gasteiger charge is -2.56. The number of methoxy groups -OCH3 is 1. The molecule has 0 radical (unpaired) electrons. The van der Waals surface area contributed by atoms with Crippen LogP contribution in [0.25, 0.3) is 0 Å². The van der Waals surface area contributed by atoms with E-state index < -0.39 is 0 Å². The zero-order valence-corrected chi connectivity index (χ0v) is 18.3. The lowest BCUT2D eigenvalue weighted by atomic mass is 9.53. The van der Waals surface area contributed by atoms with E-state index >= 15 is 0 Å². The van der Waals surface area contributed by atoms with Crippen LogP contribution >= 0.6 is 0 Å². The van der Waals surface area contributed by atoms with Crippen LogP contribution in [0.5, 0.6) is 11.5 Å². The Kier molecular flexibility index (Phi) is 4.39. The van der Waals surface area contributed by atoms with E-state index in [2.05, 4.69) is 30.2 Å². The molecule has 0 unspecified atom stereocenters. The molecule has 5 atom stereocenters. The zero-order valence-electron chi connectivity index (χ0n) is 18.3. The molecular formula is C26H27NO5. The minimum Gasteiger partial charge on any atom is -0.504 e. The van der Waals surface area contributed by atoms with Crippen LogP contribution in [0.1, 0.15) is 33.5 Å². The highest BCUT2D eigenvalue weighted by Gasteiger charge is 2.64. The maximum atomic E-state index is 11.9. The molecule has 1 saturated heterocycles. The van der Waals surface area contributed by atoms with Crippen molar-refractivity contribution >= 4 is 5.97 Å². The zero-order chi connectivity index (χ0) is 22.0. The predicted octanol–water partition coefficient (Wildman–Crippen LogP) is 3.21. The fourth-order valence-corrected chi connectivity index (χ4v) is 6.46. The molecule has 2 aliphatic heterocycles. The van der Waals surface area contributed by atoms with Crippen LogP contribution < -0.4 is 4.74 Å². The smallest absolute Gasteiger partial charge is 0.337 e. The first-order valence-corrected chi connectivity index (χ1v) is 11.2. The van der Waals surface area contributed by atoms with Crippen molar-refractivity contribution in [3.63, 3.8) is 0 Å². The molecule has 6 rings (SSSR count). The second kappa shape index (κ2) is 7.09. The van der Waals surface area contributed by atoms with Crippen molar-refractivity contribution in [1.82, 2.24) is 4.90 Å². The average Bonchev–Trinajstić information content (AvgIpc) is 3.17. The first kappa shape index (κ1) is 19.8. The van der Waals surface area contributed by atoms with Crippen molar-refractivity contribution in [2.45, 2.75) is 43.1 Å². The molecule has 0 amide bonds. The van der Waals surface area contributed by atoms with Crippen molar-refractivity contribution < 1.29 is 24.1 Å². The Balaban J connectivity index is 1.34. The van der Waals surface area contributed by atoms with Gasteiger partial charge in [-0.15, -0.1) is 0 Å². The topological polar surface area (TPSA) is 68.2 Å². The second-order valence-corrected chi connectivity index (χ2v) is 9.41. The fraction of sp³-hybridized carbons (Fsp3) is 0.423. The normalized spacial score (nSPS) is 31.7. The Hall–Kier alpha value is -2.83. The van der Waals surface area contributed by atoms with Crippen molar-refractivity contribution in [3.8, 4) is 11.5 Å². The van der Waals surface area contributed by atoms with Crippen molar-refractivity contribution in [3.05, 3.63) is 70.8 Å². The van der Waals surface area contributed by atoms with Gasteiger partial charge in [0.25, 0.3) is 0 Å². The van der Waals surface area contributed by atoms with Crippen LogP contribution in [0.15, 0.2) is 48.6 Å². The average molecular weight is 434 g/mol. The maximum Gasteiger partial charge on any atom is 0.337 e. The summed E-state index contributed by atoms with van der Waals surface area (Å²) < 4.78 is 17.7. The van der Waals surface area contributed by atoms with Gasteiger partial charge in [-0.3, -0.25) is 0 Å². The SMILES string of the molecule is COC(=O)c1cccc(CO[C@H]2C=C[C@H]3[C@H]4Cc5ccc(O)c6c5[C@@]3(CCN4C)[C@H]2O6)c1. The van der Waals surface area contributed by atoms with E-state index in [1.807, 2.05) is 12.1 Å². The van der Waals surface area contributed by atoms with Crippen molar-refractivity contribution in [2.24, 2.45) is 5.92 Å². The molecule has 2 aromatic carbocycles. The summed E-state index contributed by atoms with van der Waals surface area (Å²) in [6, 6.07) is 11.6. The maximum absolute atomic E-state index is 11.9. The van der Waals surface area contributed by atoms with E-state index in [4.69, 9.17) is 14.2 Å². The number of carbonyl (C=O) groups is 1. The summed E-state index contributed by atoms with van der Waals surface area (Å²) in [5.74, 6) is 0.839. The second-order valence-electron chi connectivity index (χ2n) is 9.41. The highest BCUT2D eigenvalue weighted by Crippen LogP contribution is 2.62. The standard InChI is InChI=1S/C26H27NO5/c1-27-11-10-26-18-7-9-21(31-14-15-4-3-5-17(12-15)25(29)30-2)24(26)32-23-20(28)8-6-16(22(23)26)13-19(18)27/h3-9,12,18-19,21,24,28H,10-11,13-14H2,1-2H3/t18-,19+,21-,24-,26-/m0/s1. The van der Waals surface area contributed by atoms with Gasteiger partial charge >= 0.3 is 5.97 Å². The Morgan fingerprint density at radius 2 is 2.16 bits per heavy atom. The highest BCUT2D eigenvalue weighted by molar-refractivity contribution is 5.89. The number of esters is 1. The summed E-state index contributed by atoms with van der Waals surface area (Å²) in [6.07, 6.45) is 5.98. The van der Waals surface area contributed by atoms with Crippen molar-refractivity contribution in [1.29, 1.82) is 0 Å². The number of ether oxygens (including phenoxy) is 3. The molecule has 2 bridgehead atoms. The summed E-state index contributed by atoms with van der Waals surface area (Å²) in [5, 5.41) is 10.6. The van der Waals surface area contributed by atoms with Crippen LogP contribution in [0, 0.1) is 5.92 Å². The lowest BCUT2D eigenvalue weighted by Crippen LogP contribution is -2.65. The molecule has 0 aromatic heterocycles. The van der Waals surface area contributed by atoms with E-state index in [-0.39, 0.29) is 29.3 Å². The molecule has 1 spiro atoms. The lowest BCUT2D eigenvalue weighted by molar-refractivity contribution is -0.0754. The quantitative estimate of drug-likeness (QED) is 0.590. The molecule has 166 valence electrons. The third-order valence-corrected chi connectivity index (χ3v) is 7.92. The summed E-state index contributed by atoms with van der Waals surface area (Å²) in [5.41, 5.74) is 3.72. The number of benzene rings is 2. The van der Waals surface area contributed by atoms with Gasteiger partial charge in [0.2, 0.25) is 0 Å². The molecule has 4 aliphatic rings. The Labute approximate surface area is 187 Å². The molecular weight excluding hydrogens is 406 g/mol. The monoisotopic (exact) mass is 433 g/mol. The Morgan fingerprint density at radius 1 is 1.28 bits per heavy atom. The van der Waals surface area contributed by atoms with Gasteiger partial charge in [0.05, 0.1) is 19.3 Å². The number of rotatable bonds is 4. The van der Waals surface area contributed by atoms with Gasteiger partial charge in [0, 0.05) is 22.9 Å². The van der Waals surface area contributed by atoms with E-state index in [9.17, 15) is 9.90 Å². The molecule has 2 aliphatic carbocycles. The molecule has 6 heteroatoms. The molecule has 2 aromatic rings. The van der Waals surface area contributed by atoms with E-state index in [1.165, 1.54) is 18.2 Å². The number of phenolic OH excluding ortho intramolecular Hbond substituents is 1. The van der Waals surface area contributed by atoms with Gasteiger partial charge in [0.1, 0.15) is 12.2 Å². The first-order chi connectivity index (χ1) is 15.5. The van der Waals surface area contributed by atoms with Crippen LogP contribution in [0.3, 0.4) is 0 Å². The summed E-state index contributed by atoms with van der Waals surface area (Å²) in [6.45, 7) is 1.36. The minimum absolute atomic E-state index is 0.174. The van der Waals surface area contributed by atoms with Crippen LogP contribution in [-0.2, 0) is 27.9 Å². The number of aromatic hydroxyl groups is 1. The highest BCUT2D eigenvalue weighted by atomic mass is 16.6. The Bertz CT molecular complexity index is 1130. The van der Waals surface area contributed by atoms with Gasteiger partial charge in [-0.2, -0.15) is 0 Å². The number of hydrogen-bond acceptors (Lipinski definition) is 6. The predicted molar refractivity (Wildman–Crippen MR) is 118 cm³/mol. The number of piperidine rings is 1. The third-order valence-electron chi connectivity index (χ3n) is 7.92. The molecule has 6 nitrogen and oxygen atoms in total. The number of nitrogens with zero attached hydrogens (tertiary/aromatic N) is 1. The number of hydrogen-bond donors (Lipinski definition) is 1. The molecule has 32 heavy (non-hydrogen) atoms. The minimum atomic E-state index is -0.358. The molecule has 0 saturated carbocycles. The van der Waals surface area contributed by atoms with Crippen LogP contribution in [-0.4, -0.2) is 54.9 Å². The third kappa shape index (κ3) is 2.63. The summed E-state index contributed by atoms with van der Waals surface area (Å²) >= 11 is 0. The Morgan fingerprint density at radius 3 is 3.00 bits per heavy atom. The first-order valence-electron chi connectivity index (χ1n) is 11.2. The fourth-order valence-electron chi connectivity index (χ4n) is 6.46. The van der Waals surface area contributed by atoms with E-state index in [1.54, 1.807) is 18.2 Å². The number of likely N-dealkylation sites (N-methyl/N-ethyl adjacent to an activating group) is 1. The van der Waals surface area contributed by atoms with Crippen LogP contribution in [0.4, 0.5) is 0 Å². The summed E-state index contributed by atoms with van der Waals surface area (Å²) in [7, 11) is 3.59.